The summed E-state index contributed by atoms with van der Waals surface area (Å²) in [5.74, 6) is 0.286. The van der Waals surface area contributed by atoms with Crippen LogP contribution in [-0.4, -0.2) is 9.19 Å². The number of hydrogen-bond acceptors (Lipinski definition) is 5. The largest absolute Gasteiger partial charge is 0.430 e. The van der Waals surface area contributed by atoms with Gasteiger partial charge in [-0.1, -0.05) is 12.1 Å². The summed E-state index contributed by atoms with van der Waals surface area (Å²) in [4.78, 5) is 4.20. The minimum Gasteiger partial charge on any atom is -0.430 e. The summed E-state index contributed by atoms with van der Waals surface area (Å²) in [5.41, 5.74) is 8.84. The number of nitrogen functional groups attached to an aromatic ring is 1. The summed E-state index contributed by atoms with van der Waals surface area (Å²) in [6.07, 6.45) is 0. The Labute approximate surface area is 123 Å². The SMILES string of the molecule is N#Cc1ccc(CS(=O)c2nc3cc(N)ccc3o2)cc1. The highest BCUT2D eigenvalue weighted by molar-refractivity contribution is 7.84. The van der Waals surface area contributed by atoms with Gasteiger partial charge in [-0.15, -0.1) is 0 Å². The van der Waals surface area contributed by atoms with Gasteiger partial charge in [0.2, 0.25) is 0 Å². The first-order valence-corrected chi connectivity index (χ1v) is 7.51. The van der Waals surface area contributed by atoms with Gasteiger partial charge in [0.1, 0.15) is 16.3 Å². The zero-order valence-electron chi connectivity index (χ0n) is 10.9. The number of nitrogens with two attached hydrogens (primary N) is 1. The second-order valence-electron chi connectivity index (χ2n) is 4.51. The normalized spacial score (nSPS) is 12.1. The van der Waals surface area contributed by atoms with Crippen LogP contribution in [0.2, 0.25) is 0 Å². The molecule has 0 saturated heterocycles. The van der Waals surface area contributed by atoms with E-state index in [9.17, 15) is 4.21 Å². The molecule has 0 aliphatic rings. The smallest absolute Gasteiger partial charge is 0.288 e. The van der Waals surface area contributed by atoms with Crippen LogP contribution < -0.4 is 5.73 Å². The monoisotopic (exact) mass is 297 g/mol. The lowest BCUT2D eigenvalue weighted by atomic mass is 10.2. The summed E-state index contributed by atoms with van der Waals surface area (Å²) in [6.45, 7) is 0. The van der Waals surface area contributed by atoms with Crippen molar-refractivity contribution in [3.63, 3.8) is 0 Å². The molecule has 0 fully saturated rings. The maximum Gasteiger partial charge on any atom is 0.288 e. The Kier molecular flexibility index (Phi) is 3.42. The van der Waals surface area contributed by atoms with Crippen molar-refractivity contribution >= 4 is 27.6 Å². The number of nitriles is 1. The fraction of sp³-hybridized carbons (Fsp3) is 0.0667. The highest BCUT2D eigenvalue weighted by atomic mass is 32.2. The molecule has 21 heavy (non-hydrogen) atoms. The number of rotatable bonds is 3. The van der Waals surface area contributed by atoms with E-state index in [2.05, 4.69) is 4.98 Å². The van der Waals surface area contributed by atoms with Gasteiger partial charge in [0.15, 0.2) is 5.58 Å². The van der Waals surface area contributed by atoms with Gasteiger partial charge in [0.05, 0.1) is 17.4 Å². The lowest BCUT2D eigenvalue weighted by Crippen LogP contribution is -1.96. The number of benzene rings is 2. The average molecular weight is 297 g/mol. The van der Waals surface area contributed by atoms with E-state index in [-0.39, 0.29) is 11.0 Å². The summed E-state index contributed by atoms with van der Waals surface area (Å²) in [5, 5.41) is 8.93. The number of fused-ring (bicyclic) bond motifs is 1. The number of aromatic nitrogens is 1. The third-order valence-corrected chi connectivity index (χ3v) is 4.13. The fourth-order valence-corrected chi connectivity index (χ4v) is 2.91. The van der Waals surface area contributed by atoms with Crippen LogP contribution in [0.5, 0.6) is 0 Å². The molecule has 3 rings (SSSR count). The van der Waals surface area contributed by atoms with E-state index in [1.807, 2.05) is 6.07 Å². The third kappa shape index (κ3) is 2.78. The number of nitrogens with zero attached hydrogens (tertiary/aromatic N) is 2. The Morgan fingerprint density at radius 3 is 2.71 bits per heavy atom. The van der Waals surface area contributed by atoms with Crippen molar-refractivity contribution in [3.8, 4) is 6.07 Å². The molecular weight excluding hydrogens is 286 g/mol. The minimum atomic E-state index is -1.38. The maximum absolute atomic E-state index is 12.3. The Morgan fingerprint density at radius 2 is 2.00 bits per heavy atom. The van der Waals surface area contributed by atoms with Gasteiger partial charge in [-0.05, 0) is 35.9 Å². The van der Waals surface area contributed by atoms with Crippen LogP contribution in [0.15, 0.2) is 52.1 Å². The molecular formula is C15H11N3O2S. The topological polar surface area (TPSA) is 92.9 Å². The van der Waals surface area contributed by atoms with Crippen LogP contribution in [-0.2, 0) is 16.6 Å². The van der Waals surface area contributed by atoms with Crippen LogP contribution in [0.4, 0.5) is 5.69 Å². The van der Waals surface area contributed by atoms with Crippen molar-refractivity contribution in [3.05, 3.63) is 53.6 Å². The quantitative estimate of drug-likeness (QED) is 0.750. The van der Waals surface area contributed by atoms with Gasteiger partial charge in [-0.25, -0.2) is 9.19 Å². The maximum atomic E-state index is 12.3. The molecule has 2 aromatic carbocycles. The summed E-state index contributed by atoms with van der Waals surface area (Å²) in [6, 6.07) is 14.1. The first kappa shape index (κ1) is 13.3. The van der Waals surface area contributed by atoms with Gasteiger partial charge in [-0.3, -0.25) is 0 Å². The molecule has 0 saturated carbocycles. The van der Waals surface area contributed by atoms with Crippen molar-refractivity contribution in [2.75, 3.05) is 5.73 Å². The van der Waals surface area contributed by atoms with Crippen LogP contribution in [0, 0.1) is 11.3 Å². The van der Waals surface area contributed by atoms with E-state index in [1.54, 1.807) is 42.5 Å². The summed E-state index contributed by atoms with van der Waals surface area (Å²) >= 11 is 0. The molecule has 0 radical (unpaired) electrons. The van der Waals surface area contributed by atoms with Gasteiger partial charge >= 0.3 is 0 Å². The molecule has 0 spiro atoms. The Hall–Kier alpha value is -2.65. The molecule has 104 valence electrons. The zero-order chi connectivity index (χ0) is 14.8. The molecule has 1 unspecified atom stereocenters. The van der Waals surface area contributed by atoms with Gasteiger partial charge in [-0.2, -0.15) is 5.26 Å². The van der Waals surface area contributed by atoms with Crippen molar-refractivity contribution in [1.29, 1.82) is 5.26 Å². The molecule has 5 nitrogen and oxygen atoms in total. The Balaban J connectivity index is 1.84. The van der Waals surface area contributed by atoms with Crippen molar-refractivity contribution in [2.24, 2.45) is 0 Å². The van der Waals surface area contributed by atoms with E-state index >= 15 is 0 Å². The van der Waals surface area contributed by atoms with Crippen LogP contribution in [0.25, 0.3) is 11.1 Å². The summed E-state index contributed by atoms with van der Waals surface area (Å²) < 4.78 is 17.8. The first-order chi connectivity index (χ1) is 10.2. The summed E-state index contributed by atoms with van der Waals surface area (Å²) in [7, 11) is -1.38. The van der Waals surface area contributed by atoms with E-state index in [4.69, 9.17) is 15.4 Å². The molecule has 0 amide bonds. The molecule has 6 heteroatoms. The lowest BCUT2D eigenvalue weighted by molar-refractivity contribution is 0.477. The van der Waals surface area contributed by atoms with Gasteiger partial charge in [0.25, 0.3) is 5.22 Å². The van der Waals surface area contributed by atoms with Crippen LogP contribution in [0.3, 0.4) is 0 Å². The van der Waals surface area contributed by atoms with Gasteiger partial charge < -0.3 is 10.2 Å². The standard InChI is InChI=1S/C15H11N3O2S/c16-8-10-1-3-11(4-2-10)9-21(19)15-18-13-7-12(17)5-6-14(13)20-15/h1-7H,9,17H2. The van der Waals surface area contributed by atoms with E-state index < -0.39 is 10.8 Å². The third-order valence-electron chi connectivity index (χ3n) is 2.97. The number of oxazole rings is 1. The molecule has 0 aliphatic carbocycles. The van der Waals surface area contributed by atoms with Crippen molar-refractivity contribution < 1.29 is 8.63 Å². The van der Waals surface area contributed by atoms with E-state index in [0.29, 0.717) is 22.4 Å². The van der Waals surface area contributed by atoms with E-state index in [0.717, 1.165) is 5.56 Å². The predicted octanol–water partition coefficient (Wildman–Crippen LogP) is 2.59. The zero-order valence-corrected chi connectivity index (χ0v) is 11.8. The molecule has 1 atom stereocenters. The average Bonchev–Trinajstić information content (AvgIpc) is 2.91. The highest BCUT2D eigenvalue weighted by Crippen LogP contribution is 2.21. The van der Waals surface area contributed by atoms with Crippen LogP contribution >= 0.6 is 0 Å². The molecule has 1 heterocycles. The minimum absolute atomic E-state index is 0.181. The highest BCUT2D eigenvalue weighted by Gasteiger charge is 2.13. The van der Waals surface area contributed by atoms with Gasteiger partial charge in [0, 0.05) is 5.69 Å². The molecule has 0 aliphatic heterocycles. The van der Waals surface area contributed by atoms with Crippen LogP contribution in [0.1, 0.15) is 11.1 Å². The second-order valence-corrected chi connectivity index (χ2v) is 5.83. The number of hydrogen-bond donors (Lipinski definition) is 1. The number of anilines is 1. The van der Waals surface area contributed by atoms with E-state index in [1.165, 1.54) is 0 Å². The molecule has 2 N–H and O–H groups in total. The van der Waals surface area contributed by atoms with Crippen molar-refractivity contribution in [1.82, 2.24) is 4.98 Å². The molecule has 0 bridgehead atoms. The molecule has 3 aromatic rings. The lowest BCUT2D eigenvalue weighted by Gasteiger charge is -1.98. The Bertz CT molecular complexity index is 863. The Morgan fingerprint density at radius 1 is 1.24 bits per heavy atom. The molecule has 1 aromatic heterocycles. The second kappa shape index (κ2) is 5.38. The fourth-order valence-electron chi connectivity index (χ4n) is 1.91. The first-order valence-electron chi connectivity index (χ1n) is 6.19. The van der Waals surface area contributed by atoms with Crippen molar-refractivity contribution in [2.45, 2.75) is 11.0 Å². The predicted molar refractivity (Wildman–Crippen MR) is 79.7 cm³/mol.